The van der Waals surface area contributed by atoms with Gasteiger partial charge >= 0.3 is 0 Å². The SMILES string of the molecule is Cc1ccc(C(C)Nc2cccc3cccc(C)c23)cc1. The van der Waals surface area contributed by atoms with Crippen molar-refractivity contribution in [1.29, 1.82) is 0 Å². The lowest BCUT2D eigenvalue weighted by molar-refractivity contribution is 0.886. The lowest BCUT2D eigenvalue weighted by Gasteiger charge is -2.18. The maximum atomic E-state index is 3.66. The summed E-state index contributed by atoms with van der Waals surface area (Å²) in [4.78, 5) is 0. The van der Waals surface area contributed by atoms with Crippen LogP contribution in [-0.4, -0.2) is 0 Å². The summed E-state index contributed by atoms with van der Waals surface area (Å²) in [5.41, 5.74) is 5.13. The molecule has 3 aromatic rings. The van der Waals surface area contributed by atoms with E-state index in [1.54, 1.807) is 0 Å². The third-order valence-electron chi connectivity index (χ3n) is 4.06. The molecule has 3 rings (SSSR count). The van der Waals surface area contributed by atoms with Crippen LogP contribution in [-0.2, 0) is 0 Å². The van der Waals surface area contributed by atoms with Crippen molar-refractivity contribution >= 4 is 16.5 Å². The predicted molar refractivity (Wildman–Crippen MR) is 91.9 cm³/mol. The summed E-state index contributed by atoms with van der Waals surface area (Å²) in [6, 6.07) is 21.9. The zero-order chi connectivity index (χ0) is 14.8. The first-order valence-electron chi connectivity index (χ1n) is 7.46. The molecule has 1 atom stereocenters. The zero-order valence-electron chi connectivity index (χ0n) is 12.9. The van der Waals surface area contributed by atoms with Crippen molar-refractivity contribution in [2.24, 2.45) is 0 Å². The number of rotatable bonds is 3. The smallest absolute Gasteiger partial charge is 0.0485 e. The van der Waals surface area contributed by atoms with Crippen molar-refractivity contribution in [3.63, 3.8) is 0 Å². The molecule has 0 aliphatic heterocycles. The zero-order valence-corrected chi connectivity index (χ0v) is 12.9. The van der Waals surface area contributed by atoms with Gasteiger partial charge in [-0.1, -0.05) is 60.2 Å². The van der Waals surface area contributed by atoms with Crippen molar-refractivity contribution in [3.05, 3.63) is 77.4 Å². The van der Waals surface area contributed by atoms with E-state index in [0.29, 0.717) is 0 Å². The maximum Gasteiger partial charge on any atom is 0.0485 e. The molecule has 1 heteroatoms. The molecule has 21 heavy (non-hydrogen) atoms. The molecular formula is C20H21N. The van der Waals surface area contributed by atoms with Crippen LogP contribution in [0.1, 0.15) is 29.7 Å². The minimum Gasteiger partial charge on any atom is -0.378 e. The van der Waals surface area contributed by atoms with Crippen LogP contribution in [0.4, 0.5) is 5.69 Å². The third kappa shape index (κ3) is 2.78. The number of aryl methyl sites for hydroxylation is 2. The molecule has 1 nitrogen and oxygen atoms in total. The van der Waals surface area contributed by atoms with Gasteiger partial charge in [0.2, 0.25) is 0 Å². The Hall–Kier alpha value is -2.28. The highest BCUT2D eigenvalue weighted by Crippen LogP contribution is 2.29. The van der Waals surface area contributed by atoms with E-state index in [1.165, 1.54) is 33.2 Å². The van der Waals surface area contributed by atoms with Gasteiger partial charge in [0.15, 0.2) is 0 Å². The molecule has 0 amide bonds. The largest absolute Gasteiger partial charge is 0.378 e. The predicted octanol–water partition coefficient (Wildman–Crippen LogP) is 5.63. The summed E-state index contributed by atoms with van der Waals surface area (Å²) >= 11 is 0. The lowest BCUT2D eigenvalue weighted by Crippen LogP contribution is -2.07. The fraction of sp³-hybridized carbons (Fsp3) is 0.200. The number of benzene rings is 3. The summed E-state index contributed by atoms with van der Waals surface area (Å²) in [5, 5.41) is 6.27. The number of anilines is 1. The summed E-state index contributed by atoms with van der Waals surface area (Å²) in [5.74, 6) is 0. The fourth-order valence-electron chi connectivity index (χ4n) is 2.82. The second-order valence-corrected chi connectivity index (χ2v) is 5.76. The molecule has 0 aliphatic rings. The minimum atomic E-state index is 0.288. The number of hydrogen-bond donors (Lipinski definition) is 1. The number of nitrogens with one attached hydrogen (secondary N) is 1. The maximum absolute atomic E-state index is 3.66. The van der Waals surface area contributed by atoms with Crippen LogP contribution in [0.2, 0.25) is 0 Å². The number of fused-ring (bicyclic) bond motifs is 1. The fourth-order valence-corrected chi connectivity index (χ4v) is 2.82. The molecule has 0 spiro atoms. The molecule has 106 valence electrons. The van der Waals surface area contributed by atoms with Crippen LogP contribution < -0.4 is 5.32 Å². The summed E-state index contributed by atoms with van der Waals surface area (Å²) in [7, 11) is 0. The van der Waals surface area contributed by atoms with Crippen LogP contribution in [0, 0.1) is 13.8 Å². The molecule has 0 aromatic heterocycles. The van der Waals surface area contributed by atoms with Gasteiger partial charge < -0.3 is 5.32 Å². The van der Waals surface area contributed by atoms with Gasteiger partial charge in [0.1, 0.15) is 0 Å². The highest BCUT2D eigenvalue weighted by molar-refractivity contribution is 5.96. The molecule has 3 aromatic carbocycles. The first-order chi connectivity index (χ1) is 10.1. The highest BCUT2D eigenvalue weighted by atomic mass is 14.9. The molecule has 0 saturated carbocycles. The van der Waals surface area contributed by atoms with Gasteiger partial charge in [-0.25, -0.2) is 0 Å². The molecule has 1 unspecified atom stereocenters. The van der Waals surface area contributed by atoms with E-state index in [2.05, 4.69) is 86.8 Å². The van der Waals surface area contributed by atoms with E-state index >= 15 is 0 Å². The molecule has 0 heterocycles. The van der Waals surface area contributed by atoms with Crippen LogP contribution in [0.5, 0.6) is 0 Å². The third-order valence-corrected chi connectivity index (χ3v) is 4.06. The summed E-state index contributed by atoms with van der Waals surface area (Å²) in [6.45, 7) is 6.50. The Morgan fingerprint density at radius 1 is 0.810 bits per heavy atom. The Kier molecular flexibility index (Phi) is 3.66. The normalized spacial score (nSPS) is 12.3. The summed E-state index contributed by atoms with van der Waals surface area (Å²) < 4.78 is 0. The van der Waals surface area contributed by atoms with E-state index in [4.69, 9.17) is 0 Å². The summed E-state index contributed by atoms with van der Waals surface area (Å²) in [6.07, 6.45) is 0. The van der Waals surface area contributed by atoms with Crippen molar-refractivity contribution in [2.45, 2.75) is 26.8 Å². The van der Waals surface area contributed by atoms with Crippen LogP contribution in [0.15, 0.2) is 60.7 Å². The van der Waals surface area contributed by atoms with E-state index in [0.717, 1.165) is 0 Å². The van der Waals surface area contributed by atoms with Crippen molar-refractivity contribution in [1.82, 2.24) is 0 Å². The van der Waals surface area contributed by atoms with Gasteiger partial charge in [0.25, 0.3) is 0 Å². The van der Waals surface area contributed by atoms with Gasteiger partial charge in [0, 0.05) is 17.1 Å². The van der Waals surface area contributed by atoms with Crippen LogP contribution >= 0.6 is 0 Å². The first kappa shape index (κ1) is 13.7. The average molecular weight is 275 g/mol. The molecule has 0 saturated heterocycles. The van der Waals surface area contributed by atoms with Gasteiger partial charge in [-0.15, -0.1) is 0 Å². The topological polar surface area (TPSA) is 12.0 Å². The molecule has 0 bridgehead atoms. The van der Waals surface area contributed by atoms with Gasteiger partial charge in [-0.05, 0) is 43.4 Å². The van der Waals surface area contributed by atoms with Crippen molar-refractivity contribution in [3.8, 4) is 0 Å². The Morgan fingerprint density at radius 2 is 1.48 bits per heavy atom. The van der Waals surface area contributed by atoms with E-state index in [9.17, 15) is 0 Å². The Balaban J connectivity index is 1.96. The van der Waals surface area contributed by atoms with E-state index in [1.807, 2.05) is 0 Å². The van der Waals surface area contributed by atoms with Crippen molar-refractivity contribution in [2.75, 3.05) is 5.32 Å². The van der Waals surface area contributed by atoms with Gasteiger partial charge in [-0.3, -0.25) is 0 Å². The average Bonchev–Trinajstić information content (AvgIpc) is 2.48. The second kappa shape index (κ2) is 5.61. The lowest BCUT2D eigenvalue weighted by atomic mass is 10.0. The Labute approximate surface area is 126 Å². The molecule has 0 fully saturated rings. The first-order valence-corrected chi connectivity index (χ1v) is 7.46. The van der Waals surface area contributed by atoms with E-state index in [-0.39, 0.29) is 6.04 Å². The van der Waals surface area contributed by atoms with E-state index < -0.39 is 0 Å². The van der Waals surface area contributed by atoms with Crippen molar-refractivity contribution < 1.29 is 0 Å². The number of hydrogen-bond acceptors (Lipinski definition) is 1. The van der Waals surface area contributed by atoms with Crippen LogP contribution in [0.25, 0.3) is 10.8 Å². The molecule has 1 N–H and O–H groups in total. The Bertz CT molecular complexity index is 751. The van der Waals surface area contributed by atoms with Gasteiger partial charge in [-0.2, -0.15) is 0 Å². The monoisotopic (exact) mass is 275 g/mol. The highest BCUT2D eigenvalue weighted by Gasteiger charge is 2.08. The standard InChI is InChI=1S/C20H21N/c1-14-10-12-17(13-11-14)16(3)21-19-9-5-8-18-7-4-6-15(2)20(18)19/h4-13,16,21H,1-3H3. The van der Waals surface area contributed by atoms with Gasteiger partial charge in [0.05, 0.1) is 0 Å². The quantitative estimate of drug-likeness (QED) is 0.653. The minimum absolute atomic E-state index is 0.288. The molecular weight excluding hydrogens is 254 g/mol. The second-order valence-electron chi connectivity index (χ2n) is 5.76. The molecule has 0 radical (unpaired) electrons. The molecule has 0 aliphatic carbocycles. The Morgan fingerprint density at radius 3 is 2.19 bits per heavy atom. The van der Waals surface area contributed by atoms with Crippen LogP contribution in [0.3, 0.4) is 0 Å².